The first-order chi connectivity index (χ1) is 8.44. The maximum atomic E-state index is 10.8. The van der Waals surface area contributed by atoms with Crippen molar-refractivity contribution < 1.29 is 4.92 Å². The van der Waals surface area contributed by atoms with Crippen molar-refractivity contribution in [3.8, 4) is 0 Å². The number of nitrogen functional groups attached to an aromatic ring is 1. The Morgan fingerprint density at radius 1 is 1.39 bits per heavy atom. The van der Waals surface area contributed by atoms with Gasteiger partial charge in [0.15, 0.2) is 0 Å². The molecule has 0 saturated heterocycles. The van der Waals surface area contributed by atoms with Crippen molar-refractivity contribution in [1.82, 2.24) is 4.98 Å². The topological polar surface area (TPSA) is 106 Å². The summed E-state index contributed by atoms with van der Waals surface area (Å²) in [6.45, 7) is 6.15. The van der Waals surface area contributed by atoms with Crippen molar-refractivity contribution in [3.63, 3.8) is 0 Å². The second-order valence-corrected chi connectivity index (χ2v) is 4.39. The third-order valence-corrected chi connectivity index (χ3v) is 3.16. The summed E-state index contributed by atoms with van der Waals surface area (Å²) in [7, 11) is 0. The van der Waals surface area contributed by atoms with Crippen LogP contribution in [0, 0.1) is 10.1 Å². The monoisotopic (exact) mass is 253 g/mol. The molecule has 0 amide bonds. The molecule has 18 heavy (non-hydrogen) atoms. The van der Waals surface area contributed by atoms with Gasteiger partial charge in [-0.05, 0) is 19.8 Å². The van der Waals surface area contributed by atoms with Gasteiger partial charge in [-0.2, -0.15) is 0 Å². The average molecular weight is 253 g/mol. The number of hydrazine groups is 1. The van der Waals surface area contributed by atoms with E-state index in [1.54, 1.807) is 0 Å². The predicted molar refractivity (Wildman–Crippen MR) is 71.3 cm³/mol. The number of hydrogen-bond donors (Lipinski definition) is 3. The molecule has 4 N–H and O–H groups in total. The molecule has 0 aliphatic carbocycles. The number of nitro groups is 1. The zero-order valence-electron chi connectivity index (χ0n) is 10.9. The Morgan fingerprint density at radius 2 is 1.94 bits per heavy atom. The zero-order valence-corrected chi connectivity index (χ0v) is 10.9. The fourth-order valence-corrected chi connectivity index (χ4v) is 1.50. The van der Waals surface area contributed by atoms with Crippen LogP contribution in [0.25, 0.3) is 0 Å². The number of rotatable bonds is 6. The molecule has 100 valence electrons. The molecule has 7 heteroatoms. The highest BCUT2D eigenvalue weighted by Crippen LogP contribution is 2.25. The van der Waals surface area contributed by atoms with E-state index >= 15 is 0 Å². The van der Waals surface area contributed by atoms with Crippen LogP contribution in [0.2, 0.25) is 0 Å². The first kappa shape index (κ1) is 14.2. The van der Waals surface area contributed by atoms with Gasteiger partial charge in [0.05, 0.1) is 17.1 Å². The van der Waals surface area contributed by atoms with Crippen LogP contribution in [0.15, 0.2) is 12.1 Å². The van der Waals surface area contributed by atoms with Gasteiger partial charge in [-0.25, -0.2) is 10.8 Å². The summed E-state index contributed by atoms with van der Waals surface area (Å²) >= 11 is 0. The van der Waals surface area contributed by atoms with Crippen LogP contribution in [0.4, 0.5) is 17.3 Å². The Kier molecular flexibility index (Phi) is 4.43. The normalized spacial score (nSPS) is 11.1. The van der Waals surface area contributed by atoms with E-state index < -0.39 is 4.92 Å². The second-order valence-electron chi connectivity index (χ2n) is 4.39. The molecular weight excluding hydrogens is 234 g/mol. The highest BCUT2D eigenvalue weighted by Gasteiger charge is 2.21. The van der Waals surface area contributed by atoms with E-state index in [1.165, 1.54) is 12.1 Å². The third-order valence-electron chi connectivity index (χ3n) is 3.16. The maximum absolute atomic E-state index is 10.8. The van der Waals surface area contributed by atoms with E-state index in [0.29, 0.717) is 5.82 Å². The number of hydrogen-bond acceptors (Lipinski definition) is 6. The lowest BCUT2D eigenvalue weighted by Crippen LogP contribution is -2.33. The zero-order chi connectivity index (χ0) is 13.8. The molecule has 0 bridgehead atoms. The summed E-state index contributed by atoms with van der Waals surface area (Å²) in [5.41, 5.74) is 2.14. The summed E-state index contributed by atoms with van der Waals surface area (Å²) in [4.78, 5) is 14.5. The van der Waals surface area contributed by atoms with E-state index in [4.69, 9.17) is 5.84 Å². The number of anilines is 2. The molecular formula is C11H19N5O2. The molecule has 7 nitrogen and oxygen atoms in total. The van der Waals surface area contributed by atoms with Gasteiger partial charge in [-0.1, -0.05) is 13.8 Å². The molecule has 0 fully saturated rings. The Balaban J connectivity index is 3.08. The van der Waals surface area contributed by atoms with Crippen LogP contribution in [0.5, 0.6) is 0 Å². The van der Waals surface area contributed by atoms with Gasteiger partial charge in [-0.3, -0.25) is 10.1 Å². The van der Waals surface area contributed by atoms with Gasteiger partial charge < -0.3 is 10.7 Å². The van der Waals surface area contributed by atoms with Crippen LogP contribution >= 0.6 is 0 Å². The average Bonchev–Trinajstić information content (AvgIpc) is 2.38. The molecule has 0 aliphatic heterocycles. The van der Waals surface area contributed by atoms with E-state index in [2.05, 4.69) is 29.6 Å². The highest BCUT2D eigenvalue weighted by molar-refractivity contribution is 5.55. The first-order valence-corrected chi connectivity index (χ1v) is 5.85. The van der Waals surface area contributed by atoms with E-state index in [1.807, 2.05) is 6.92 Å². The Hall–Kier alpha value is -1.89. The minimum atomic E-state index is -0.469. The quantitative estimate of drug-likeness (QED) is 0.408. The lowest BCUT2D eigenvalue weighted by Gasteiger charge is -2.28. The lowest BCUT2D eigenvalue weighted by molar-refractivity contribution is -0.384. The number of pyridine rings is 1. The molecule has 1 heterocycles. The van der Waals surface area contributed by atoms with Crippen LogP contribution in [-0.2, 0) is 0 Å². The Labute approximate surface area is 106 Å². The molecule has 1 rings (SSSR count). The van der Waals surface area contributed by atoms with Gasteiger partial charge in [0.2, 0.25) is 0 Å². The van der Waals surface area contributed by atoms with Crippen LogP contribution < -0.4 is 16.6 Å². The third kappa shape index (κ3) is 3.30. The summed E-state index contributed by atoms with van der Waals surface area (Å²) in [6.07, 6.45) is 1.78. The summed E-state index contributed by atoms with van der Waals surface area (Å²) < 4.78 is 0. The molecule has 0 atom stereocenters. The lowest BCUT2D eigenvalue weighted by atomic mass is 9.95. The predicted octanol–water partition coefficient (Wildman–Crippen LogP) is 2.27. The van der Waals surface area contributed by atoms with Crippen molar-refractivity contribution in [2.24, 2.45) is 5.84 Å². The molecule has 0 spiro atoms. The van der Waals surface area contributed by atoms with Gasteiger partial charge in [0, 0.05) is 5.54 Å². The summed E-state index contributed by atoms with van der Waals surface area (Å²) in [5, 5.41) is 14.0. The minimum absolute atomic E-state index is 0.0463. The van der Waals surface area contributed by atoms with Crippen LogP contribution in [-0.4, -0.2) is 15.4 Å². The van der Waals surface area contributed by atoms with E-state index in [9.17, 15) is 10.1 Å². The highest BCUT2D eigenvalue weighted by atomic mass is 16.6. The van der Waals surface area contributed by atoms with Crippen molar-refractivity contribution in [1.29, 1.82) is 0 Å². The van der Waals surface area contributed by atoms with Crippen LogP contribution in [0.1, 0.15) is 33.6 Å². The van der Waals surface area contributed by atoms with Crippen molar-refractivity contribution in [2.75, 3.05) is 10.7 Å². The van der Waals surface area contributed by atoms with Gasteiger partial charge >= 0.3 is 0 Å². The Bertz CT molecular complexity index is 431. The molecule has 0 radical (unpaired) electrons. The molecule has 0 saturated carbocycles. The minimum Gasteiger partial charge on any atom is -0.365 e. The maximum Gasteiger partial charge on any atom is 0.276 e. The molecule has 0 aliphatic rings. The molecule has 0 aromatic carbocycles. The fourth-order valence-electron chi connectivity index (χ4n) is 1.50. The molecule has 1 aromatic heterocycles. The van der Waals surface area contributed by atoms with Gasteiger partial charge in [0.1, 0.15) is 11.6 Å². The van der Waals surface area contributed by atoms with Crippen molar-refractivity contribution in [2.45, 2.75) is 39.2 Å². The second kappa shape index (κ2) is 5.63. The summed E-state index contributed by atoms with van der Waals surface area (Å²) in [5.74, 6) is 5.97. The van der Waals surface area contributed by atoms with Crippen molar-refractivity contribution >= 4 is 17.3 Å². The number of aromatic nitrogens is 1. The smallest absolute Gasteiger partial charge is 0.276 e. The van der Waals surface area contributed by atoms with E-state index in [-0.39, 0.29) is 17.0 Å². The Morgan fingerprint density at radius 3 is 2.39 bits per heavy atom. The van der Waals surface area contributed by atoms with Gasteiger partial charge in [-0.15, -0.1) is 0 Å². The number of nitrogens with one attached hydrogen (secondary N) is 2. The molecule has 0 unspecified atom stereocenters. The van der Waals surface area contributed by atoms with Crippen LogP contribution in [0.3, 0.4) is 0 Å². The first-order valence-electron chi connectivity index (χ1n) is 5.85. The SMILES string of the molecule is CCC(C)(CC)Nc1cc([N+](=O)[O-])cc(NN)n1. The van der Waals surface area contributed by atoms with E-state index in [0.717, 1.165) is 12.8 Å². The number of nitrogens with two attached hydrogens (primary N) is 1. The number of nitrogens with zero attached hydrogens (tertiary/aromatic N) is 2. The standard InChI is InChI=1S/C11H19N5O2/c1-4-11(3,5-2)14-9-6-8(16(17)18)7-10(13-9)15-12/h6-7H,4-5,12H2,1-3H3,(H2,13,14,15). The fraction of sp³-hybridized carbons (Fsp3) is 0.545. The van der Waals surface area contributed by atoms with Gasteiger partial charge in [0.25, 0.3) is 5.69 Å². The summed E-state index contributed by atoms with van der Waals surface area (Å²) in [6, 6.07) is 2.70. The molecule has 1 aromatic rings. The largest absolute Gasteiger partial charge is 0.365 e. The van der Waals surface area contributed by atoms with Crippen molar-refractivity contribution in [3.05, 3.63) is 22.2 Å².